The van der Waals surface area contributed by atoms with Gasteiger partial charge in [-0.2, -0.15) is 0 Å². The highest BCUT2D eigenvalue weighted by molar-refractivity contribution is 5.75. The maximum absolute atomic E-state index is 10.4. The molecule has 0 spiro atoms. The first-order valence-corrected chi connectivity index (χ1v) is 7.17. The summed E-state index contributed by atoms with van der Waals surface area (Å²) < 4.78 is 0. The summed E-state index contributed by atoms with van der Waals surface area (Å²) in [6, 6.07) is 5.65. The number of benzene rings is 1. The van der Waals surface area contributed by atoms with Crippen molar-refractivity contribution in [2.24, 2.45) is 5.92 Å². The standard InChI is InChI=1S/C8H10O.C7H14O2.C2H6/c1-6-3-4-7(2)8(9)5-6;1-5(7(3)9)4-6(2)8;1-2/h3-5,9H,1-2H3;5,7,9H,4H2,1-3H3;1-2H3. The molecule has 0 aromatic heterocycles. The topological polar surface area (TPSA) is 57.5 Å². The van der Waals surface area contributed by atoms with Crippen LogP contribution in [0.25, 0.3) is 0 Å². The van der Waals surface area contributed by atoms with Crippen molar-refractivity contribution < 1.29 is 15.0 Å². The molecule has 1 aromatic rings. The third-order valence-electron chi connectivity index (χ3n) is 2.80. The minimum atomic E-state index is -0.367. The zero-order chi connectivity index (χ0) is 16.3. The molecule has 3 heteroatoms. The number of aryl methyl sites for hydroxylation is 2. The number of hydrogen-bond acceptors (Lipinski definition) is 3. The van der Waals surface area contributed by atoms with Gasteiger partial charge in [0.1, 0.15) is 11.5 Å². The van der Waals surface area contributed by atoms with Crippen LogP contribution in [0.15, 0.2) is 18.2 Å². The summed E-state index contributed by atoms with van der Waals surface area (Å²) in [7, 11) is 0. The van der Waals surface area contributed by atoms with Gasteiger partial charge in [-0.3, -0.25) is 0 Å². The molecule has 3 nitrogen and oxygen atoms in total. The number of aromatic hydroxyl groups is 1. The largest absolute Gasteiger partial charge is 0.508 e. The normalized spacial score (nSPS) is 12.2. The molecule has 0 radical (unpaired) electrons. The fraction of sp³-hybridized carbons (Fsp3) is 0.588. The highest BCUT2D eigenvalue weighted by Gasteiger charge is 2.09. The summed E-state index contributed by atoms with van der Waals surface area (Å²) in [6.07, 6.45) is 0.117. The number of aliphatic hydroxyl groups excluding tert-OH is 1. The first kappa shape index (κ1) is 21.0. The Morgan fingerprint density at radius 1 is 1.20 bits per heavy atom. The molecule has 0 bridgehead atoms. The maximum Gasteiger partial charge on any atom is 0.130 e. The van der Waals surface area contributed by atoms with Gasteiger partial charge in [-0.15, -0.1) is 0 Å². The number of rotatable bonds is 3. The van der Waals surface area contributed by atoms with E-state index in [1.165, 1.54) is 0 Å². The first-order valence-electron chi connectivity index (χ1n) is 7.17. The molecule has 20 heavy (non-hydrogen) atoms. The average Bonchev–Trinajstić information content (AvgIpc) is 2.36. The lowest BCUT2D eigenvalue weighted by molar-refractivity contribution is -0.118. The van der Waals surface area contributed by atoms with E-state index in [4.69, 9.17) is 10.2 Å². The van der Waals surface area contributed by atoms with Gasteiger partial charge in [0.2, 0.25) is 0 Å². The fourth-order valence-electron chi connectivity index (χ4n) is 1.34. The lowest BCUT2D eigenvalue weighted by Crippen LogP contribution is -2.15. The zero-order valence-electron chi connectivity index (χ0n) is 13.9. The number of carbonyl (C=O) groups is 1. The van der Waals surface area contributed by atoms with E-state index in [-0.39, 0.29) is 17.8 Å². The van der Waals surface area contributed by atoms with Crippen LogP contribution < -0.4 is 0 Å². The number of carbonyl (C=O) groups excluding carboxylic acids is 1. The maximum atomic E-state index is 10.4. The number of phenolic OH excluding ortho intramolecular Hbond substituents is 1. The molecule has 0 heterocycles. The van der Waals surface area contributed by atoms with E-state index in [0.717, 1.165) is 11.1 Å². The van der Waals surface area contributed by atoms with Crippen LogP contribution in [0.3, 0.4) is 0 Å². The van der Waals surface area contributed by atoms with Gasteiger partial charge in [0, 0.05) is 6.42 Å². The van der Waals surface area contributed by atoms with Crippen molar-refractivity contribution in [3.8, 4) is 5.75 Å². The molecule has 116 valence electrons. The van der Waals surface area contributed by atoms with Crippen LogP contribution in [0.1, 0.15) is 52.2 Å². The van der Waals surface area contributed by atoms with Crippen molar-refractivity contribution in [2.75, 3.05) is 0 Å². The van der Waals surface area contributed by atoms with Gasteiger partial charge in [0.15, 0.2) is 0 Å². The molecule has 1 rings (SSSR count). The Labute approximate surface area is 123 Å². The van der Waals surface area contributed by atoms with Crippen LogP contribution in [-0.4, -0.2) is 22.1 Å². The van der Waals surface area contributed by atoms with Crippen LogP contribution >= 0.6 is 0 Å². The Balaban J connectivity index is 0. The molecular formula is C17H30O3. The van der Waals surface area contributed by atoms with Gasteiger partial charge < -0.3 is 15.0 Å². The van der Waals surface area contributed by atoms with Crippen LogP contribution in [0.5, 0.6) is 5.75 Å². The fourth-order valence-corrected chi connectivity index (χ4v) is 1.34. The van der Waals surface area contributed by atoms with E-state index in [1.54, 1.807) is 19.9 Å². The van der Waals surface area contributed by atoms with Gasteiger partial charge in [0.05, 0.1) is 6.10 Å². The second-order valence-electron chi connectivity index (χ2n) is 4.91. The molecule has 0 aliphatic heterocycles. The summed E-state index contributed by atoms with van der Waals surface area (Å²) in [6.45, 7) is 13.0. The zero-order valence-corrected chi connectivity index (χ0v) is 13.9. The minimum Gasteiger partial charge on any atom is -0.508 e. The van der Waals surface area contributed by atoms with Gasteiger partial charge in [-0.25, -0.2) is 0 Å². The Morgan fingerprint density at radius 2 is 1.70 bits per heavy atom. The minimum absolute atomic E-state index is 0.0995. The van der Waals surface area contributed by atoms with Crippen molar-refractivity contribution >= 4 is 5.78 Å². The molecular weight excluding hydrogens is 252 g/mol. The molecule has 2 unspecified atom stereocenters. The number of phenols is 1. The molecule has 0 amide bonds. The predicted octanol–water partition coefficient (Wildman–Crippen LogP) is 4.02. The van der Waals surface area contributed by atoms with E-state index in [2.05, 4.69) is 0 Å². The van der Waals surface area contributed by atoms with Crippen LogP contribution in [-0.2, 0) is 4.79 Å². The monoisotopic (exact) mass is 282 g/mol. The molecule has 0 aliphatic carbocycles. The van der Waals surface area contributed by atoms with Crippen molar-refractivity contribution in [1.82, 2.24) is 0 Å². The van der Waals surface area contributed by atoms with E-state index in [1.807, 2.05) is 46.8 Å². The van der Waals surface area contributed by atoms with E-state index in [9.17, 15) is 4.79 Å². The number of ketones is 1. The summed E-state index contributed by atoms with van der Waals surface area (Å²) in [4.78, 5) is 10.4. The van der Waals surface area contributed by atoms with E-state index in [0.29, 0.717) is 12.2 Å². The predicted molar refractivity (Wildman–Crippen MR) is 85.1 cm³/mol. The van der Waals surface area contributed by atoms with Gasteiger partial charge in [-0.1, -0.05) is 32.9 Å². The van der Waals surface area contributed by atoms with E-state index >= 15 is 0 Å². The molecule has 1 aromatic carbocycles. The third-order valence-corrected chi connectivity index (χ3v) is 2.80. The molecule has 0 aliphatic rings. The number of aliphatic hydroxyl groups is 1. The van der Waals surface area contributed by atoms with E-state index < -0.39 is 0 Å². The summed E-state index contributed by atoms with van der Waals surface area (Å²) >= 11 is 0. The van der Waals surface area contributed by atoms with Crippen LogP contribution in [0.2, 0.25) is 0 Å². The molecule has 0 saturated heterocycles. The molecule has 0 fully saturated rings. The smallest absolute Gasteiger partial charge is 0.130 e. The van der Waals surface area contributed by atoms with Gasteiger partial charge in [-0.05, 0) is 50.8 Å². The summed E-state index contributed by atoms with van der Waals surface area (Å²) in [5.74, 6) is 0.626. The third kappa shape index (κ3) is 10.6. The van der Waals surface area contributed by atoms with Gasteiger partial charge in [0.25, 0.3) is 0 Å². The van der Waals surface area contributed by atoms with Crippen molar-refractivity contribution in [1.29, 1.82) is 0 Å². The highest BCUT2D eigenvalue weighted by atomic mass is 16.3. The summed E-state index contributed by atoms with van der Waals surface area (Å²) in [5, 5.41) is 18.0. The van der Waals surface area contributed by atoms with Crippen molar-refractivity contribution in [3.05, 3.63) is 29.3 Å². The number of hydrogen-bond donors (Lipinski definition) is 2. The van der Waals surface area contributed by atoms with Gasteiger partial charge >= 0.3 is 0 Å². The van der Waals surface area contributed by atoms with Crippen molar-refractivity contribution in [2.45, 2.75) is 61.0 Å². The second kappa shape index (κ2) is 11.5. The Kier molecular flexibility index (Phi) is 12.0. The van der Waals surface area contributed by atoms with Crippen LogP contribution in [0, 0.1) is 19.8 Å². The lowest BCUT2D eigenvalue weighted by atomic mass is 10.0. The number of Topliss-reactive ketones (excluding diaryl/α,β-unsaturated/α-hetero) is 1. The lowest BCUT2D eigenvalue weighted by Gasteiger charge is -2.11. The van der Waals surface area contributed by atoms with Crippen LogP contribution in [0.4, 0.5) is 0 Å². The molecule has 2 N–H and O–H groups in total. The molecule has 0 saturated carbocycles. The summed E-state index contributed by atoms with van der Waals surface area (Å²) in [5.41, 5.74) is 2.03. The Hall–Kier alpha value is -1.35. The highest BCUT2D eigenvalue weighted by Crippen LogP contribution is 2.15. The quantitative estimate of drug-likeness (QED) is 0.880. The first-order chi connectivity index (χ1) is 9.23. The Bertz CT molecular complexity index is 384. The van der Waals surface area contributed by atoms with Crippen molar-refractivity contribution in [3.63, 3.8) is 0 Å². The molecule has 2 atom stereocenters. The average molecular weight is 282 g/mol. The second-order valence-corrected chi connectivity index (χ2v) is 4.91. The Morgan fingerprint density at radius 3 is 1.95 bits per heavy atom. The SMILES string of the molecule is CC.CC(=O)CC(C)C(C)O.Cc1ccc(C)c(O)c1.